The summed E-state index contributed by atoms with van der Waals surface area (Å²) in [4.78, 5) is 15.0. The number of alkyl halides is 3. The Kier molecular flexibility index (Phi) is 4.85. The maximum absolute atomic E-state index is 13.2. The van der Waals surface area contributed by atoms with Gasteiger partial charge in [-0.05, 0) is 22.0 Å². The molecule has 1 amide bonds. The van der Waals surface area contributed by atoms with E-state index in [1.165, 1.54) is 11.7 Å². The van der Waals surface area contributed by atoms with Gasteiger partial charge >= 0.3 is 12.3 Å². The summed E-state index contributed by atoms with van der Waals surface area (Å²) in [5.41, 5.74) is -0.239. The fourth-order valence-electron chi connectivity index (χ4n) is 2.20. The molecule has 0 bridgehead atoms. The van der Waals surface area contributed by atoms with Crippen molar-refractivity contribution in [2.24, 2.45) is 7.05 Å². The van der Waals surface area contributed by atoms with Gasteiger partial charge in [-0.1, -0.05) is 0 Å². The van der Waals surface area contributed by atoms with Gasteiger partial charge in [-0.15, -0.1) is 0 Å². The standard InChI is InChI=1S/C13H13BrF3N3O3/c1-20-8-3-7(13(15,16)17)10(14)6(4-18-12(21)22)11(8)19-9(20)5-23-2/h3,18H,4-5H2,1-2H3,(H,21,22). The second-order valence-corrected chi connectivity index (χ2v) is 5.55. The molecule has 10 heteroatoms. The number of nitrogens with one attached hydrogen (secondary N) is 1. The molecular weight excluding hydrogens is 383 g/mol. The molecule has 0 aliphatic heterocycles. The van der Waals surface area contributed by atoms with Gasteiger partial charge in [0.2, 0.25) is 0 Å². The first-order valence-electron chi connectivity index (χ1n) is 6.36. The highest BCUT2D eigenvalue weighted by molar-refractivity contribution is 9.10. The molecule has 0 aliphatic carbocycles. The summed E-state index contributed by atoms with van der Waals surface area (Å²) in [6.07, 6.45) is -5.92. The van der Waals surface area contributed by atoms with Gasteiger partial charge in [-0.2, -0.15) is 13.2 Å². The van der Waals surface area contributed by atoms with Gasteiger partial charge in [-0.25, -0.2) is 9.78 Å². The van der Waals surface area contributed by atoms with E-state index in [9.17, 15) is 18.0 Å². The second kappa shape index (κ2) is 6.36. The summed E-state index contributed by atoms with van der Waals surface area (Å²) in [5, 5.41) is 10.8. The third-order valence-corrected chi connectivity index (χ3v) is 4.20. The first kappa shape index (κ1) is 17.5. The molecule has 2 aromatic rings. The minimum Gasteiger partial charge on any atom is -0.465 e. The lowest BCUT2D eigenvalue weighted by atomic mass is 10.1. The quantitative estimate of drug-likeness (QED) is 0.832. The number of halogens is 4. The number of imidazole rings is 1. The number of fused-ring (bicyclic) bond motifs is 1. The Morgan fingerprint density at radius 1 is 1.52 bits per heavy atom. The van der Waals surface area contributed by atoms with E-state index < -0.39 is 17.8 Å². The molecule has 2 rings (SSSR count). The van der Waals surface area contributed by atoms with Crippen LogP contribution in [0.25, 0.3) is 11.0 Å². The molecule has 23 heavy (non-hydrogen) atoms. The van der Waals surface area contributed by atoms with Crippen LogP contribution >= 0.6 is 15.9 Å². The van der Waals surface area contributed by atoms with Gasteiger partial charge in [0.15, 0.2) is 0 Å². The van der Waals surface area contributed by atoms with Crippen molar-refractivity contribution in [1.82, 2.24) is 14.9 Å². The van der Waals surface area contributed by atoms with E-state index in [0.29, 0.717) is 5.82 Å². The van der Waals surface area contributed by atoms with Crippen LogP contribution in [-0.4, -0.2) is 27.9 Å². The molecule has 0 saturated carbocycles. The predicted octanol–water partition coefficient (Wildman–Crippen LogP) is 3.27. The van der Waals surface area contributed by atoms with Crippen molar-refractivity contribution in [3.05, 3.63) is 27.5 Å². The summed E-state index contributed by atoms with van der Waals surface area (Å²) in [5.74, 6) is 0.435. The maximum atomic E-state index is 13.2. The third-order valence-electron chi connectivity index (χ3n) is 3.30. The van der Waals surface area contributed by atoms with E-state index in [-0.39, 0.29) is 34.2 Å². The van der Waals surface area contributed by atoms with Gasteiger partial charge in [0.05, 0.1) is 16.6 Å². The van der Waals surface area contributed by atoms with Crippen LogP contribution in [0.1, 0.15) is 17.0 Å². The Labute approximate surface area is 137 Å². The molecule has 6 nitrogen and oxygen atoms in total. The van der Waals surface area contributed by atoms with E-state index >= 15 is 0 Å². The summed E-state index contributed by atoms with van der Waals surface area (Å²) < 4.78 is 45.9. The van der Waals surface area contributed by atoms with Crippen LogP contribution in [0.3, 0.4) is 0 Å². The lowest BCUT2D eigenvalue weighted by Gasteiger charge is -2.14. The highest BCUT2D eigenvalue weighted by Crippen LogP contribution is 2.40. The SMILES string of the molecule is COCc1nc2c(CNC(=O)O)c(Br)c(C(F)(F)F)cc2n1C. The molecule has 0 aliphatic rings. The molecule has 0 fully saturated rings. The Bertz CT molecular complexity index is 758. The number of carboxylic acid groups (broad SMARTS) is 1. The van der Waals surface area contributed by atoms with Crippen molar-refractivity contribution >= 4 is 33.1 Å². The van der Waals surface area contributed by atoms with Gasteiger partial charge in [0.1, 0.15) is 12.4 Å². The van der Waals surface area contributed by atoms with E-state index in [1.54, 1.807) is 7.05 Å². The van der Waals surface area contributed by atoms with Crippen LogP contribution in [0.5, 0.6) is 0 Å². The maximum Gasteiger partial charge on any atom is 0.417 e. The van der Waals surface area contributed by atoms with Crippen LogP contribution in [-0.2, 0) is 31.1 Å². The Morgan fingerprint density at radius 3 is 2.70 bits per heavy atom. The molecule has 0 atom stereocenters. The third kappa shape index (κ3) is 3.42. The first-order valence-corrected chi connectivity index (χ1v) is 7.15. The molecule has 2 N–H and O–H groups in total. The minimum absolute atomic E-state index is 0.121. The number of hydrogen-bond donors (Lipinski definition) is 2. The van der Waals surface area contributed by atoms with Crippen molar-refractivity contribution in [2.45, 2.75) is 19.3 Å². The smallest absolute Gasteiger partial charge is 0.417 e. The molecule has 1 aromatic carbocycles. The summed E-state index contributed by atoms with van der Waals surface area (Å²) in [6, 6.07) is 0.982. The van der Waals surface area contributed by atoms with Crippen molar-refractivity contribution in [1.29, 1.82) is 0 Å². The number of rotatable bonds is 4. The topological polar surface area (TPSA) is 76.4 Å². The average molecular weight is 396 g/mol. The highest BCUT2D eigenvalue weighted by Gasteiger charge is 2.35. The molecule has 0 unspecified atom stereocenters. The molecule has 0 saturated heterocycles. The highest BCUT2D eigenvalue weighted by atomic mass is 79.9. The molecule has 0 radical (unpaired) electrons. The summed E-state index contributed by atoms with van der Waals surface area (Å²) in [6.45, 7) is -0.185. The van der Waals surface area contributed by atoms with Crippen molar-refractivity contribution in [2.75, 3.05) is 7.11 Å². The van der Waals surface area contributed by atoms with E-state index in [2.05, 4.69) is 26.2 Å². The lowest BCUT2D eigenvalue weighted by Crippen LogP contribution is -2.21. The fraction of sp³-hybridized carbons (Fsp3) is 0.385. The van der Waals surface area contributed by atoms with Crippen LogP contribution < -0.4 is 5.32 Å². The second-order valence-electron chi connectivity index (χ2n) is 4.76. The number of amides is 1. The van der Waals surface area contributed by atoms with Gasteiger partial charge in [0.25, 0.3) is 0 Å². The Morgan fingerprint density at radius 2 is 2.17 bits per heavy atom. The number of hydrogen-bond acceptors (Lipinski definition) is 3. The van der Waals surface area contributed by atoms with Crippen LogP contribution in [0, 0.1) is 0 Å². The zero-order valence-corrected chi connectivity index (χ0v) is 13.7. The van der Waals surface area contributed by atoms with Gasteiger partial charge in [0, 0.05) is 30.7 Å². The zero-order chi connectivity index (χ0) is 17.4. The molecule has 0 spiro atoms. The lowest BCUT2D eigenvalue weighted by molar-refractivity contribution is -0.138. The first-order chi connectivity index (χ1) is 10.7. The van der Waals surface area contributed by atoms with Gasteiger partial charge in [-0.3, -0.25) is 0 Å². The number of carbonyl (C=O) groups is 1. The molecule has 1 aromatic heterocycles. The number of aryl methyl sites for hydroxylation is 1. The van der Waals surface area contributed by atoms with Crippen LogP contribution in [0.4, 0.5) is 18.0 Å². The Balaban J connectivity index is 2.73. The zero-order valence-electron chi connectivity index (χ0n) is 12.2. The number of methoxy groups -OCH3 is 1. The molecular formula is C13H13BrF3N3O3. The number of benzene rings is 1. The fourth-order valence-corrected chi connectivity index (χ4v) is 2.87. The summed E-state index contributed by atoms with van der Waals surface area (Å²) in [7, 11) is 3.02. The predicted molar refractivity (Wildman–Crippen MR) is 79.0 cm³/mol. The van der Waals surface area contributed by atoms with Gasteiger partial charge < -0.3 is 19.7 Å². The molecule has 1 heterocycles. The minimum atomic E-state index is -4.59. The number of nitrogens with zero attached hydrogens (tertiary/aromatic N) is 2. The van der Waals surface area contributed by atoms with Crippen molar-refractivity contribution in [3.63, 3.8) is 0 Å². The Hall–Kier alpha value is -1.81. The van der Waals surface area contributed by atoms with Crippen LogP contribution in [0.2, 0.25) is 0 Å². The molecule has 126 valence electrons. The van der Waals surface area contributed by atoms with Crippen LogP contribution in [0.15, 0.2) is 10.5 Å². The van der Waals surface area contributed by atoms with E-state index in [1.807, 2.05) is 0 Å². The van der Waals surface area contributed by atoms with Crippen molar-refractivity contribution in [3.8, 4) is 0 Å². The van der Waals surface area contributed by atoms with Crippen molar-refractivity contribution < 1.29 is 27.8 Å². The summed E-state index contributed by atoms with van der Waals surface area (Å²) >= 11 is 2.93. The number of ether oxygens (including phenoxy) is 1. The normalized spacial score (nSPS) is 11.9. The van der Waals surface area contributed by atoms with E-state index in [0.717, 1.165) is 6.07 Å². The van der Waals surface area contributed by atoms with E-state index in [4.69, 9.17) is 9.84 Å². The monoisotopic (exact) mass is 395 g/mol. The largest absolute Gasteiger partial charge is 0.465 e. The average Bonchev–Trinajstić information content (AvgIpc) is 2.73. The number of aromatic nitrogens is 2.